The van der Waals surface area contributed by atoms with Crippen molar-refractivity contribution >= 4 is 23.0 Å². The molecule has 20 heavy (non-hydrogen) atoms. The first-order chi connectivity index (χ1) is 9.51. The van der Waals surface area contributed by atoms with Crippen LogP contribution in [0.2, 0.25) is 0 Å². The van der Waals surface area contributed by atoms with Crippen LogP contribution in [0.25, 0.3) is 0 Å². The Hall–Kier alpha value is -2.67. The van der Waals surface area contributed by atoms with Gasteiger partial charge >= 0.3 is 5.69 Å². The zero-order chi connectivity index (χ0) is 14.7. The smallest absolute Gasteiger partial charge is 0.311 e. The summed E-state index contributed by atoms with van der Waals surface area (Å²) in [6.45, 7) is 3.91. The first-order valence-electron chi connectivity index (χ1n) is 5.97. The minimum Gasteiger partial charge on any atom is -0.334 e. The van der Waals surface area contributed by atoms with Crippen LogP contribution in [-0.4, -0.2) is 9.91 Å². The number of hydrogen-bond acceptors (Lipinski definition) is 6. The van der Waals surface area contributed by atoms with Crippen molar-refractivity contribution in [3.63, 3.8) is 0 Å². The summed E-state index contributed by atoms with van der Waals surface area (Å²) >= 11 is 0. The molecule has 0 aliphatic heterocycles. The Bertz CT molecular complexity index is 657. The summed E-state index contributed by atoms with van der Waals surface area (Å²) in [5, 5.41) is 14.0. The van der Waals surface area contributed by atoms with Crippen LogP contribution in [0.15, 0.2) is 30.3 Å². The highest BCUT2D eigenvalue weighted by atomic mass is 16.6. The third-order valence-electron chi connectivity index (χ3n) is 2.85. The number of pyridine rings is 1. The summed E-state index contributed by atoms with van der Waals surface area (Å²) in [4.78, 5) is 14.6. The average Bonchev–Trinajstić information content (AvgIpc) is 2.41. The van der Waals surface area contributed by atoms with Gasteiger partial charge in [-0.05, 0) is 31.5 Å². The molecule has 0 spiro atoms. The van der Waals surface area contributed by atoms with Gasteiger partial charge in [0.25, 0.3) is 0 Å². The Morgan fingerprint density at radius 2 is 2.00 bits per heavy atom. The Morgan fingerprint density at radius 1 is 1.25 bits per heavy atom. The maximum Gasteiger partial charge on any atom is 0.311 e. The van der Waals surface area contributed by atoms with Gasteiger partial charge in [0, 0.05) is 11.8 Å². The van der Waals surface area contributed by atoms with E-state index in [1.54, 1.807) is 0 Å². The number of nitro groups is 1. The molecule has 0 unspecified atom stereocenters. The van der Waals surface area contributed by atoms with E-state index >= 15 is 0 Å². The minimum absolute atomic E-state index is 0.107. The molecule has 0 aliphatic carbocycles. The molecule has 0 bridgehead atoms. The highest BCUT2D eigenvalue weighted by molar-refractivity contribution is 5.69. The molecule has 0 fully saturated rings. The predicted molar refractivity (Wildman–Crippen MR) is 77.9 cm³/mol. The number of nitrogen functional groups attached to an aromatic ring is 1. The average molecular weight is 273 g/mol. The van der Waals surface area contributed by atoms with Crippen LogP contribution in [0.4, 0.5) is 23.0 Å². The number of anilines is 3. The van der Waals surface area contributed by atoms with Gasteiger partial charge in [0.1, 0.15) is 5.82 Å². The van der Waals surface area contributed by atoms with Crippen LogP contribution in [0.5, 0.6) is 0 Å². The predicted octanol–water partition coefficient (Wildman–Crippen LogP) is 2.64. The minimum atomic E-state index is -0.487. The van der Waals surface area contributed by atoms with Gasteiger partial charge in [-0.2, -0.15) is 0 Å². The zero-order valence-corrected chi connectivity index (χ0v) is 11.2. The fourth-order valence-corrected chi connectivity index (χ4v) is 1.85. The Labute approximate surface area is 116 Å². The Balaban J connectivity index is 2.43. The lowest BCUT2D eigenvalue weighted by molar-refractivity contribution is -0.384. The lowest BCUT2D eigenvalue weighted by atomic mass is 10.1. The van der Waals surface area contributed by atoms with E-state index in [9.17, 15) is 10.1 Å². The molecule has 0 saturated heterocycles. The number of nitrogens with zero attached hydrogens (tertiary/aromatic N) is 2. The second-order valence-electron chi connectivity index (χ2n) is 4.41. The van der Waals surface area contributed by atoms with E-state index in [-0.39, 0.29) is 11.5 Å². The molecule has 0 radical (unpaired) electrons. The fourth-order valence-electron chi connectivity index (χ4n) is 1.85. The van der Waals surface area contributed by atoms with Crippen LogP contribution < -0.4 is 16.6 Å². The summed E-state index contributed by atoms with van der Waals surface area (Å²) in [6, 6.07) is 8.57. The molecule has 1 aromatic carbocycles. The zero-order valence-electron chi connectivity index (χ0n) is 11.2. The van der Waals surface area contributed by atoms with E-state index in [0.29, 0.717) is 5.82 Å². The molecule has 2 aromatic rings. The number of aryl methyl sites for hydroxylation is 2. The van der Waals surface area contributed by atoms with Crippen LogP contribution in [-0.2, 0) is 0 Å². The number of hydrogen-bond donors (Lipinski definition) is 3. The van der Waals surface area contributed by atoms with Crippen molar-refractivity contribution in [2.45, 2.75) is 13.8 Å². The quantitative estimate of drug-likeness (QED) is 0.449. The van der Waals surface area contributed by atoms with Crippen molar-refractivity contribution in [3.05, 3.63) is 51.6 Å². The van der Waals surface area contributed by atoms with Crippen molar-refractivity contribution < 1.29 is 4.92 Å². The van der Waals surface area contributed by atoms with Crippen LogP contribution >= 0.6 is 0 Å². The second kappa shape index (κ2) is 5.54. The first kappa shape index (κ1) is 13.8. The van der Waals surface area contributed by atoms with E-state index in [2.05, 4.69) is 15.7 Å². The van der Waals surface area contributed by atoms with E-state index in [1.807, 2.05) is 32.0 Å². The molecule has 0 atom stereocenters. The standard InChI is InChI=1S/C13H15N5O2/c1-8-3-4-10(9(2)7-8)15-13-11(18(19)20)5-6-12(16-13)17-14/h3-7H,14H2,1-2H3,(H2,15,16,17). The van der Waals surface area contributed by atoms with Gasteiger partial charge in [0.15, 0.2) is 0 Å². The van der Waals surface area contributed by atoms with Gasteiger partial charge in [-0.3, -0.25) is 10.1 Å². The van der Waals surface area contributed by atoms with Crippen molar-refractivity contribution in [1.29, 1.82) is 0 Å². The number of rotatable bonds is 4. The lowest BCUT2D eigenvalue weighted by Gasteiger charge is -2.10. The van der Waals surface area contributed by atoms with E-state index in [1.165, 1.54) is 12.1 Å². The molecule has 0 amide bonds. The summed E-state index contributed by atoms with van der Waals surface area (Å²) in [5.41, 5.74) is 5.12. The second-order valence-corrected chi connectivity index (χ2v) is 4.41. The van der Waals surface area contributed by atoms with Gasteiger partial charge in [0.2, 0.25) is 5.82 Å². The maximum atomic E-state index is 11.0. The fraction of sp³-hybridized carbons (Fsp3) is 0.154. The summed E-state index contributed by atoms with van der Waals surface area (Å²) in [6.07, 6.45) is 0. The number of benzene rings is 1. The van der Waals surface area contributed by atoms with E-state index < -0.39 is 4.92 Å². The van der Waals surface area contributed by atoms with Crippen LogP contribution in [0.3, 0.4) is 0 Å². The van der Waals surface area contributed by atoms with Crippen molar-refractivity contribution in [1.82, 2.24) is 4.98 Å². The molecule has 0 aliphatic rings. The van der Waals surface area contributed by atoms with Crippen LogP contribution in [0, 0.1) is 24.0 Å². The van der Waals surface area contributed by atoms with Gasteiger partial charge in [-0.15, -0.1) is 0 Å². The maximum absolute atomic E-state index is 11.0. The summed E-state index contributed by atoms with van der Waals surface area (Å²) in [7, 11) is 0. The molecule has 2 rings (SSSR count). The topological polar surface area (TPSA) is 106 Å². The first-order valence-corrected chi connectivity index (χ1v) is 5.97. The molecule has 7 heteroatoms. The van der Waals surface area contributed by atoms with Gasteiger partial charge < -0.3 is 10.7 Å². The number of nitrogens with two attached hydrogens (primary N) is 1. The van der Waals surface area contributed by atoms with Crippen molar-refractivity contribution in [2.75, 3.05) is 10.7 Å². The van der Waals surface area contributed by atoms with Crippen molar-refractivity contribution in [3.8, 4) is 0 Å². The normalized spacial score (nSPS) is 10.2. The Kier molecular flexibility index (Phi) is 3.81. The highest BCUT2D eigenvalue weighted by Gasteiger charge is 2.16. The van der Waals surface area contributed by atoms with Gasteiger partial charge in [0.05, 0.1) is 4.92 Å². The number of aromatic nitrogens is 1. The lowest BCUT2D eigenvalue weighted by Crippen LogP contribution is -2.10. The summed E-state index contributed by atoms with van der Waals surface area (Å²) in [5.74, 6) is 5.78. The number of hydrazine groups is 1. The Morgan fingerprint density at radius 3 is 2.60 bits per heavy atom. The van der Waals surface area contributed by atoms with E-state index in [4.69, 9.17) is 5.84 Å². The SMILES string of the molecule is Cc1ccc(Nc2nc(NN)ccc2[N+](=O)[O-])c(C)c1. The third kappa shape index (κ3) is 2.83. The van der Waals surface area contributed by atoms with E-state index in [0.717, 1.165) is 16.8 Å². The monoisotopic (exact) mass is 273 g/mol. The largest absolute Gasteiger partial charge is 0.334 e. The molecule has 4 N–H and O–H groups in total. The van der Waals surface area contributed by atoms with Gasteiger partial charge in [-0.25, -0.2) is 10.8 Å². The van der Waals surface area contributed by atoms with Crippen molar-refractivity contribution in [2.24, 2.45) is 5.84 Å². The third-order valence-corrected chi connectivity index (χ3v) is 2.85. The molecule has 7 nitrogen and oxygen atoms in total. The number of nitrogens with one attached hydrogen (secondary N) is 2. The molecule has 1 heterocycles. The molecular formula is C13H15N5O2. The van der Waals surface area contributed by atoms with Gasteiger partial charge in [-0.1, -0.05) is 17.7 Å². The highest BCUT2D eigenvalue weighted by Crippen LogP contribution is 2.28. The molecular weight excluding hydrogens is 258 g/mol. The molecule has 0 saturated carbocycles. The molecule has 104 valence electrons. The van der Waals surface area contributed by atoms with Crippen LogP contribution in [0.1, 0.15) is 11.1 Å². The molecule has 1 aromatic heterocycles. The summed E-state index contributed by atoms with van der Waals surface area (Å²) < 4.78 is 0.